The number of halogens is 3. The molecule has 1 aromatic carbocycles. The van der Waals surface area contributed by atoms with Crippen molar-refractivity contribution in [3.05, 3.63) is 81.1 Å². The second-order valence-electron chi connectivity index (χ2n) is 8.59. The van der Waals surface area contributed by atoms with Crippen LogP contribution in [0, 0.1) is 0 Å². The maximum atomic E-state index is 14.7. The molecule has 3 aromatic heterocycles. The lowest BCUT2D eigenvalue weighted by atomic mass is 10.1. The van der Waals surface area contributed by atoms with Gasteiger partial charge in [-0.25, -0.2) is 19.2 Å². The predicted molar refractivity (Wildman–Crippen MR) is 141 cm³/mol. The molecule has 4 heterocycles. The number of carbonyl (C=O) groups is 1. The van der Waals surface area contributed by atoms with Crippen molar-refractivity contribution in [2.75, 3.05) is 24.7 Å². The van der Waals surface area contributed by atoms with Gasteiger partial charge in [-0.05, 0) is 31.2 Å². The molecule has 0 unspecified atom stereocenters. The number of anilines is 1. The highest BCUT2D eigenvalue weighted by molar-refractivity contribution is 6.34. The van der Waals surface area contributed by atoms with Gasteiger partial charge in [-0.15, -0.1) is 0 Å². The third-order valence-electron chi connectivity index (χ3n) is 6.17. The minimum Gasteiger partial charge on any atom is -0.474 e. The van der Waals surface area contributed by atoms with E-state index in [4.69, 9.17) is 32.7 Å². The summed E-state index contributed by atoms with van der Waals surface area (Å²) in [6, 6.07) is 6.12. The summed E-state index contributed by atoms with van der Waals surface area (Å²) in [6.07, 6.45) is 6.50. The number of nitrogens with zero attached hydrogens (tertiary/aromatic N) is 5. The Hall–Kier alpha value is -3.76. The molecule has 4 aromatic rings. The molecule has 0 bridgehead atoms. The summed E-state index contributed by atoms with van der Waals surface area (Å²) >= 11 is 12.8. The number of benzene rings is 1. The van der Waals surface area contributed by atoms with Crippen molar-refractivity contribution >= 4 is 45.8 Å². The fraction of sp³-hybridized carbons (Fsp3) is 0.269. The summed E-state index contributed by atoms with van der Waals surface area (Å²) < 4.78 is 27.1. The molecule has 2 atom stereocenters. The highest BCUT2D eigenvalue weighted by Gasteiger charge is 2.34. The summed E-state index contributed by atoms with van der Waals surface area (Å²) in [5.41, 5.74) is 0.206. The van der Waals surface area contributed by atoms with Crippen LogP contribution in [-0.2, 0) is 4.74 Å². The second-order valence-corrected chi connectivity index (χ2v) is 9.40. The van der Waals surface area contributed by atoms with E-state index in [1.165, 1.54) is 30.9 Å². The summed E-state index contributed by atoms with van der Waals surface area (Å²) in [4.78, 5) is 40.2. The Balaban J connectivity index is 1.60. The molecule has 0 spiro atoms. The first-order chi connectivity index (χ1) is 18.4. The normalized spacial score (nSPS) is 17.1. The van der Waals surface area contributed by atoms with Crippen molar-refractivity contribution < 1.29 is 18.7 Å². The van der Waals surface area contributed by atoms with Crippen LogP contribution in [0.15, 0.2) is 60.0 Å². The highest BCUT2D eigenvalue weighted by atomic mass is 35.5. The molecule has 0 aliphatic carbocycles. The van der Waals surface area contributed by atoms with E-state index >= 15 is 0 Å². The summed E-state index contributed by atoms with van der Waals surface area (Å²) in [6.45, 7) is 1.95. The molecule has 1 fully saturated rings. The number of ether oxygens (including phenoxy) is 2. The standard InChI is InChI=1S/C26H22Cl2FN5O4/c1-2-37-26(36)18-13-34(23-11-30-6-7-31-23)21-10-22(20(28)9-17(21)24(18)35)33-12-15(29)8-16(33)14-38-25-19(27)4-3-5-32-25/h3-7,9-11,13,15-16H,2,8,12,14H2,1H3/t15-,16+/m0/s1. The number of hydrogen-bond donors (Lipinski definition) is 0. The molecule has 0 radical (unpaired) electrons. The van der Waals surface area contributed by atoms with Crippen molar-refractivity contribution in [2.24, 2.45) is 0 Å². The lowest BCUT2D eigenvalue weighted by Gasteiger charge is -2.28. The topological polar surface area (TPSA) is 99.4 Å². The van der Waals surface area contributed by atoms with Gasteiger partial charge in [0.05, 0.1) is 35.1 Å². The molecule has 5 rings (SSSR count). The van der Waals surface area contributed by atoms with Crippen LogP contribution in [0.5, 0.6) is 5.88 Å². The van der Waals surface area contributed by atoms with Crippen molar-refractivity contribution in [1.82, 2.24) is 19.5 Å². The van der Waals surface area contributed by atoms with Crippen molar-refractivity contribution in [1.29, 1.82) is 0 Å². The van der Waals surface area contributed by atoms with Crippen molar-refractivity contribution in [3.63, 3.8) is 0 Å². The lowest BCUT2D eigenvalue weighted by molar-refractivity contribution is 0.0524. The molecule has 0 saturated carbocycles. The zero-order valence-corrected chi connectivity index (χ0v) is 21.7. The van der Waals surface area contributed by atoms with E-state index in [9.17, 15) is 14.0 Å². The van der Waals surface area contributed by atoms with Gasteiger partial charge in [-0.1, -0.05) is 23.2 Å². The molecule has 1 aliphatic rings. The van der Waals surface area contributed by atoms with E-state index in [1.807, 2.05) is 0 Å². The number of hydrogen-bond acceptors (Lipinski definition) is 8. The first-order valence-corrected chi connectivity index (χ1v) is 12.6. The first kappa shape index (κ1) is 25.9. The van der Waals surface area contributed by atoms with Crippen LogP contribution < -0.4 is 15.1 Å². The van der Waals surface area contributed by atoms with Gasteiger partial charge in [-0.2, -0.15) is 0 Å². The zero-order chi connectivity index (χ0) is 26.8. The van der Waals surface area contributed by atoms with Crippen LogP contribution in [0.2, 0.25) is 10.0 Å². The number of esters is 1. The average Bonchev–Trinajstić information content (AvgIpc) is 3.29. The van der Waals surface area contributed by atoms with Crippen LogP contribution in [-0.4, -0.2) is 57.5 Å². The van der Waals surface area contributed by atoms with Crippen molar-refractivity contribution in [2.45, 2.75) is 25.6 Å². The van der Waals surface area contributed by atoms with Crippen LogP contribution in [0.1, 0.15) is 23.7 Å². The van der Waals surface area contributed by atoms with Crippen LogP contribution in [0.3, 0.4) is 0 Å². The monoisotopic (exact) mass is 557 g/mol. The molecule has 0 amide bonds. The zero-order valence-electron chi connectivity index (χ0n) is 20.2. The molecule has 1 aliphatic heterocycles. The van der Waals surface area contributed by atoms with Gasteiger partial charge in [0.15, 0.2) is 5.82 Å². The third kappa shape index (κ3) is 5.01. The van der Waals surface area contributed by atoms with Crippen molar-refractivity contribution in [3.8, 4) is 11.7 Å². The largest absolute Gasteiger partial charge is 0.474 e. The molecule has 196 valence electrons. The molecular weight excluding hydrogens is 536 g/mol. The second kappa shape index (κ2) is 10.9. The Morgan fingerprint density at radius 3 is 2.76 bits per heavy atom. The predicted octanol–water partition coefficient (Wildman–Crippen LogP) is 4.66. The number of fused-ring (bicyclic) bond motifs is 1. The molecular formula is C26H22Cl2FN5O4. The van der Waals surface area contributed by atoms with Gasteiger partial charge in [0.2, 0.25) is 11.3 Å². The van der Waals surface area contributed by atoms with E-state index in [1.54, 1.807) is 40.8 Å². The third-order valence-corrected chi connectivity index (χ3v) is 6.76. The Morgan fingerprint density at radius 1 is 1.18 bits per heavy atom. The Labute approximate surface area is 226 Å². The summed E-state index contributed by atoms with van der Waals surface area (Å²) in [7, 11) is 0. The van der Waals surface area contributed by atoms with Gasteiger partial charge in [0, 0.05) is 43.1 Å². The van der Waals surface area contributed by atoms with Gasteiger partial charge in [0.1, 0.15) is 23.4 Å². The lowest BCUT2D eigenvalue weighted by Crippen LogP contribution is -2.34. The van der Waals surface area contributed by atoms with Gasteiger partial charge in [-0.3, -0.25) is 14.3 Å². The number of aromatic nitrogens is 4. The Kier molecular flexibility index (Phi) is 7.44. The smallest absolute Gasteiger partial charge is 0.343 e. The van der Waals surface area contributed by atoms with Gasteiger partial charge in [0.25, 0.3) is 0 Å². The van der Waals surface area contributed by atoms with E-state index < -0.39 is 17.6 Å². The molecule has 9 nitrogen and oxygen atoms in total. The van der Waals surface area contributed by atoms with Crippen LogP contribution >= 0.6 is 23.2 Å². The SMILES string of the molecule is CCOC(=O)c1cn(-c2cnccn2)c2cc(N3C[C@@H](F)C[C@@H]3COc3ncccc3Cl)c(Cl)cc2c1=O. The molecule has 1 saturated heterocycles. The number of rotatable bonds is 7. The minimum absolute atomic E-state index is 0.0749. The maximum absolute atomic E-state index is 14.7. The summed E-state index contributed by atoms with van der Waals surface area (Å²) in [5, 5.41) is 0.748. The Morgan fingerprint density at radius 2 is 2.03 bits per heavy atom. The first-order valence-electron chi connectivity index (χ1n) is 11.8. The fourth-order valence-corrected chi connectivity index (χ4v) is 4.93. The fourth-order valence-electron chi connectivity index (χ4n) is 4.48. The maximum Gasteiger partial charge on any atom is 0.343 e. The van der Waals surface area contributed by atoms with E-state index in [2.05, 4.69) is 15.0 Å². The highest BCUT2D eigenvalue weighted by Crippen LogP contribution is 2.36. The number of alkyl halides is 1. The van der Waals surface area contributed by atoms with Crippen LogP contribution in [0.4, 0.5) is 10.1 Å². The van der Waals surface area contributed by atoms with Gasteiger partial charge >= 0.3 is 5.97 Å². The average molecular weight is 558 g/mol. The quantitative estimate of drug-likeness (QED) is 0.302. The number of pyridine rings is 2. The molecule has 0 N–H and O–H groups in total. The minimum atomic E-state index is -1.12. The van der Waals surface area contributed by atoms with E-state index in [0.29, 0.717) is 22.0 Å². The Bertz CT molecular complexity index is 1550. The number of carbonyl (C=O) groups excluding carboxylic acids is 1. The van der Waals surface area contributed by atoms with Gasteiger partial charge < -0.3 is 14.4 Å². The molecule has 38 heavy (non-hydrogen) atoms. The van der Waals surface area contributed by atoms with E-state index in [0.717, 1.165) is 0 Å². The van der Waals surface area contributed by atoms with E-state index in [-0.39, 0.29) is 54.1 Å². The summed E-state index contributed by atoms with van der Waals surface area (Å²) in [5.74, 6) is -0.141. The molecule has 12 heteroatoms. The van der Waals surface area contributed by atoms with Crippen LogP contribution in [0.25, 0.3) is 16.7 Å².